The molecule has 0 amide bonds. The average Bonchev–Trinajstić information content (AvgIpc) is 2.65. The zero-order valence-electron chi connectivity index (χ0n) is 9.29. The minimum absolute atomic E-state index is 0.481. The molecule has 1 heterocycles. The predicted molar refractivity (Wildman–Crippen MR) is 57.8 cm³/mol. The van der Waals surface area contributed by atoms with Gasteiger partial charge in [0.05, 0.1) is 0 Å². The van der Waals surface area contributed by atoms with Crippen molar-refractivity contribution >= 4 is 6.01 Å². The lowest BCUT2D eigenvalue weighted by atomic mass is 9.91. The van der Waals surface area contributed by atoms with E-state index in [-0.39, 0.29) is 0 Å². The van der Waals surface area contributed by atoms with Crippen LogP contribution in [0.1, 0.15) is 31.5 Å². The maximum absolute atomic E-state index is 5.03. The normalized spacial score (nSPS) is 26.5. The van der Waals surface area contributed by atoms with E-state index >= 15 is 0 Å². The van der Waals surface area contributed by atoms with Crippen molar-refractivity contribution in [3.8, 4) is 0 Å². The summed E-state index contributed by atoms with van der Waals surface area (Å²) in [5.74, 6) is 0.682. The van der Waals surface area contributed by atoms with Gasteiger partial charge < -0.3 is 15.2 Å². The van der Waals surface area contributed by atoms with Crippen molar-refractivity contribution in [3.63, 3.8) is 0 Å². The quantitative estimate of drug-likeness (QED) is 0.787. The molecule has 1 aliphatic carbocycles. The van der Waals surface area contributed by atoms with Gasteiger partial charge in [-0.3, -0.25) is 0 Å². The van der Waals surface area contributed by atoms with Gasteiger partial charge in [0.2, 0.25) is 0 Å². The molecular formula is C10H18N4O. The molecule has 0 aromatic carbocycles. The largest absolute Gasteiger partial charge is 0.335 e. The summed E-state index contributed by atoms with van der Waals surface area (Å²) in [6.07, 6.45) is 4.74. The summed E-state index contributed by atoms with van der Waals surface area (Å²) in [4.78, 5) is 4.14. The molecule has 84 valence electrons. The zero-order chi connectivity index (χ0) is 10.7. The molecule has 0 spiro atoms. The summed E-state index contributed by atoms with van der Waals surface area (Å²) in [5.41, 5.74) is 0. The molecule has 1 fully saturated rings. The van der Waals surface area contributed by atoms with E-state index in [9.17, 15) is 0 Å². The zero-order valence-corrected chi connectivity index (χ0v) is 9.29. The van der Waals surface area contributed by atoms with E-state index in [4.69, 9.17) is 4.52 Å². The van der Waals surface area contributed by atoms with E-state index < -0.39 is 0 Å². The minimum Gasteiger partial charge on any atom is -0.335 e. The molecule has 0 saturated heterocycles. The lowest BCUT2D eigenvalue weighted by Gasteiger charge is -2.28. The molecule has 0 aliphatic heterocycles. The van der Waals surface area contributed by atoms with E-state index in [2.05, 4.69) is 20.8 Å². The smallest absolute Gasteiger partial charge is 0.321 e. The van der Waals surface area contributed by atoms with Crippen LogP contribution in [-0.2, 0) is 0 Å². The molecule has 2 rings (SSSR count). The number of rotatable bonds is 3. The minimum atomic E-state index is 0.481. The Morgan fingerprint density at radius 1 is 1.20 bits per heavy atom. The SMILES string of the molecule is CNC1CCC(Nc2nc(C)no2)CC1. The van der Waals surface area contributed by atoms with Gasteiger partial charge in [0.15, 0.2) is 5.82 Å². The van der Waals surface area contributed by atoms with Gasteiger partial charge in [0.1, 0.15) is 0 Å². The van der Waals surface area contributed by atoms with Crippen LogP contribution in [-0.4, -0.2) is 29.3 Å². The molecule has 15 heavy (non-hydrogen) atoms. The predicted octanol–water partition coefficient (Wildman–Crippen LogP) is 1.32. The fraction of sp³-hybridized carbons (Fsp3) is 0.800. The van der Waals surface area contributed by atoms with Gasteiger partial charge in [-0.05, 0) is 39.7 Å². The van der Waals surface area contributed by atoms with Gasteiger partial charge in [-0.15, -0.1) is 0 Å². The van der Waals surface area contributed by atoms with Crippen LogP contribution in [0.25, 0.3) is 0 Å². The van der Waals surface area contributed by atoms with E-state index in [0.717, 1.165) is 12.8 Å². The Kier molecular flexibility index (Phi) is 3.20. The third-order valence-corrected chi connectivity index (χ3v) is 2.99. The monoisotopic (exact) mass is 210 g/mol. The van der Waals surface area contributed by atoms with Crippen molar-refractivity contribution in [1.82, 2.24) is 15.5 Å². The summed E-state index contributed by atoms with van der Waals surface area (Å²) in [6, 6.07) is 1.71. The fourth-order valence-corrected chi connectivity index (χ4v) is 2.06. The lowest BCUT2D eigenvalue weighted by Crippen LogP contribution is -2.35. The van der Waals surface area contributed by atoms with E-state index in [1.807, 2.05) is 14.0 Å². The van der Waals surface area contributed by atoms with Gasteiger partial charge in [-0.25, -0.2) is 0 Å². The second kappa shape index (κ2) is 4.61. The summed E-state index contributed by atoms with van der Waals surface area (Å²) in [6.45, 7) is 1.83. The first-order valence-electron chi connectivity index (χ1n) is 5.52. The molecule has 0 atom stereocenters. The van der Waals surface area contributed by atoms with Crippen molar-refractivity contribution in [2.24, 2.45) is 0 Å². The number of hydrogen-bond acceptors (Lipinski definition) is 5. The van der Waals surface area contributed by atoms with Gasteiger partial charge in [-0.2, -0.15) is 4.98 Å². The summed E-state index contributed by atoms with van der Waals surface area (Å²) < 4.78 is 5.03. The van der Waals surface area contributed by atoms with Crippen molar-refractivity contribution in [3.05, 3.63) is 5.82 Å². The van der Waals surface area contributed by atoms with Crippen LogP contribution in [0.15, 0.2) is 4.52 Å². The summed E-state index contributed by atoms with van der Waals surface area (Å²) in [7, 11) is 2.03. The second-order valence-corrected chi connectivity index (χ2v) is 4.13. The molecule has 2 N–H and O–H groups in total. The van der Waals surface area contributed by atoms with Gasteiger partial charge in [-0.1, -0.05) is 5.16 Å². The molecule has 1 saturated carbocycles. The highest BCUT2D eigenvalue weighted by atomic mass is 16.5. The highest BCUT2D eigenvalue weighted by Crippen LogP contribution is 2.21. The van der Waals surface area contributed by atoms with Crippen LogP contribution < -0.4 is 10.6 Å². The molecule has 1 aromatic heterocycles. The Morgan fingerprint density at radius 3 is 2.40 bits per heavy atom. The van der Waals surface area contributed by atoms with E-state index in [0.29, 0.717) is 23.9 Å². The van der Waals surface area contributed by atoms with E-state index in [1.165, 1.54) is 12.8 Å². The highest BCUT2D eigenvalue weighted by Gasteiger charge is 2.20. The Labute approximate surface area is 89.6 Å². The number of aromatic nitrogens is 2. The third kappa shape index (κ3) is 2.68. The number of hydrogen-bond donors (Lipinski definition) is 2. The number of nitrogens with one attached hydrogen (secondary N) is 2. The number of nitrogens with zero attached hydrogens (tertiary/aromatic N) is 2. The summed E-state index contributed by atoms with van der Waals surface area (Å²) in [5, 5.41) is 10.3. The van der Waals surface area contributed by atoms with Crippen molar-refractivity contribution < 1.29 is 4.52 Å². The molecule has 0 bridgehead atoms. The van der Waals surface area contributed by atoms with Gasteiger partial charge >= 0.3 is 6.01 Å². The number of aryl methyl sites for hydroxylation is 1. The Hall–Kier alpha value is -1.10. The number of anilines is 1. The molecule has 1 aliphatic rings. The first-order chi connectivity index (χ1) is 7.28. The maximum Gasteiger partial charge on any atom is 0.321 e. The van der Waals surface area contributed by atoms with Crippen LogP contribution >= 0.6 is 0 Å². The van der Waals surface area contributed by atoms with Crippen LogP contribution in [0.4, 0.5) is 6.01 Å². The third-order valence-electron chi connectivity index (χ3n) is 2.99. The molecule has 0 unspecified atom stereocenters. The molecule has 5 heteroatoms. The van der Waals surface area contributed by atoms with Crippen molar-refractivity contribution in [2.75, 3.05) is 12.4 Å². The Balaban J connectivity index is 1.82. The van der Waals surface area contributed by atoms with E-state index in [1.54, 1.807) is 0 Å². The molecule has 0 radical (unpaired) electrons. The highest BCUT2D eigenvalue weighted by molar-refractivity contribution is 5.20. The average molecular weight is 210 g/mol. The first-order valence-corrected chi connectivity index (χ1v) is 5.52. The van der Waals surface area contributed by atoms with Gasteiger partial charge in [0, 0.05) is 12.1 Å². The van der Waals surface area contributed by atoms with Crippen molar-refractivity contribution in [1.29, 1.82) is 0 Å². The van der Waals surface area contributed by atoms with Crippen molar-refractivity contribution in [2.45, 2.75) is 44.7 Å². The standard InChI is InChI=1S/C10H18N4O/c1-7-12-10(15-14-7)13-9-5-3-8(11-2)4-6-9/h8-9,11H,3-6H2,1-2H3,(H,12,13,14). The molecule has 5 nitrogen and oxygen atoms in total. The first kappa shape index (κ1) is 10.4. The molecular weight excluding hydrogens is 192 g/mol. The summed E-state index contributed by atoms with van der Waals surface area (Å²) >= 11 is 0. The second-order valence-electron chi connectivity index (χ2n) is 4.13. The van der Waals surface area contributed by atoms with Crippen LogP contribution in [0.5, 0.6) is 0 Å². The van der Waals surface area contributed by atoms with Crippen LogP contribution in [0.3, 0.4) is 0 Å². The fourth-order valence-electron chi connectivity index (χ4n) is 2.06. The van der Waals surface area contributed by atoms with Gasteiger partial charge in [0.25, 0.3) is 0 Å². The topological polar surface area (TPSA) is 63.0 Å². The van der Waals surface area contributed by atoms with Crippen LogP contribution in [0, 0.1) is 6.92 Å². The Morgan fingerprint density at radius 2 is 1.87 bits per heavy atom. The maximum atomic E-state index is 5.03. The lowest BCUT2D eigenvalue weighted by molar-refractivity contribution is 0.359. The molecule has 1 aromatic rings. The van der Waals surface area contributed by atoms with Crippen LogP contribution in [0.2, 0.25) is 0 Å². The Bertz CT molecular complexity index is 304.